The molecule has 1 atom stereocenters. The summed E-state index contributed by atoms with van der Waals surface area (Å²) in [4.78, 5) is 14.5. The van der Waals surface area contributed by atoms with Crippen molar-refractivity contribution in [2.24, 2.45) is 11.8 Å². The van der Waals surface area contributed by atoms with Crippen LogP contribution in [0, 0.1) is 11.8 Å². The van der Waals surface area contributed by atoms with Crippen LogP contribution in [-0.4, -0.2) is 59.3 Å². The third-order valence-corrected chi connectivity index (χ3v) is 6.15. The fourth-order valence-corrected chi connectivity index (χ4v) is 4.93. The van der Waals surface area contributed by atoms with E-state index in [4.69, 9.17) is 4.74 Å². The molecule has 3 aliphatic heterocycles. The lowest BCUT2D eigenvalue weighted by Crippen LogP contribution is -2.50. The van der Waals surface area contributed by atoms with Crippen LogP contribution in [0.25, 0.3) is 0 Å². The van der Waals surface area contributed by atoms with Crippen molar-refractivity contribution in [1.29, 1.82) is 0 Å². The predicted octanol–water partition coefficient (Wildman–Crippen LogP) is 1.52. The molecule has 3 rings (SSSR count). The zero-order chi connectivity index (χ0) is 14.0. The average molecular weight is 299 g/mol. The van der Waals surface area contributed by atoms with E-state index in [2.05, 4.69) is 0 Å². The summed E-state index contributed by atoms with van der Waals surface area (Å²) in [7, 11) is 0. The van der Waals surface area contributed by atoms with Crippen molar-refractivity contribution in [3.63, 3.8) is 0 Å². The molecule has 1 N–H and O–H groups in total. The Hall–Kier alpha value is -0.260. The van der Waals surface area contributed by atoms with Crippen LogP contribution in [0.3, 0.4) is 0 Å². The number of carbonyl (C=O) groups excluding carboxylic acids is 1. The molecular formula is C15H25NO3S. The molecule has 0 spiro atoms. The summed E-state index contributed by atoms with van der Waals surface area (Å²) in [5.74, 6) is 3.12. The van der Waals surface area contributed by atoms with Crippen molar-refractivity contribution in [3.05, 3.63) is 0 Å². The molecule has 4 nitrogen and oxygen atoms in total. The number of carbonyl (C=O) groups is 1. The van der Waals surface area contributed by atoms with Gasteiger partial charge in [0.1, 0.15) is 5.60 Å². The number of ether oxygens (including phenoxy) is 1. The summed E-state index contributed by atoms with van der Waals surface area (Å²) < 4.78 is 5.42. The molecule has 0 bridgehead atoms. The topological polar surface area (TPSA) is 49.8 Å². The number of hydrogen-bond donors (Lipinski definition) is 1. The van der Waals surface area contributed by atoms with E-state index in [1.165, 1.54) is 0 Å². The lowest BCUT2D eigenvalue weighted by atomic mass is 9.85. The zero-order valence-electron chi connectivity index (χ0n) is 12.1. The van der Waals surface area contributed by atoms with Gasteiger partial charge < -0.3 is 14.7 Å². The summed E-state index contributed by atoms with van der Waals surface area (Å²) in [6.45, 7) is 3.42. The highest BCUT2D eigenvalue weighted by Crippen LogP contribution is 2.34. The summed E-state index contributed by atoms with van der Waals surface area (Å²) in [6.07, 6.45) is 4.60. The van der Waals surface area contributed by atoms with Gasteiger partial charge in [-0.25, -0.2) is 0 Å². The first-order valence-electron chi connectivity index (χ1n) is 7.86. The van der Waals surface area contributed by atoms with Crippen LogP contribution in [0.4, 0.5) is 0 Å². The number of aliphatic hydroxyl groups is 1. The monoisotopic (exact) mass is 299 g/mol. The van der Waals surface area contributed by atoms with E-state index >= 15 is 0 Å². The van der Waals surface area contributed by atoms with E-state index in [-0.39, 0.29) is 5.91 Å². The van der Waals surface area contributed by atoms with Gasteiger partial charge in [0.05, 0.1) is 0 Å². The molecule has 0 aromatic rings. The van der Waals surface area contributed by atoms with Gasteiger partial charge in [0.25, 0.3) is 5.91 Å². The first-order valence-corrected chi connectivity index (χ1v) is 9.02. The first-order chi connectivity index (χ1) is 9.69. The van der Waals surface area contributed by atoms with Crippen molar-refractivity contribution in [2.75, 3.05) is 37.8 Å². The summed E-state index contributed by atoms with van der Waals surface area (Å²) in [5.41, 5.74) is -1.07. The molecule has 0 unspecified atom stereocenters. The molecule has 0 aromatic heterocycles. The largest absolute Gasteiger partial charge is 0.381 e. The van der Waals surface area contributed by atoms with E-state index in [0.717, 1.165) is 57.1 Å². The standard InChI is InChI=1S/C15H25NO3S/c17-14(15(18)4-9-20-10-5-15)16-6-1-13(11-16)12-2-7-19-8-3-12/h12-13,18H,1-11H2/t13-/m1/s1. The van der Waals surface area contributed by atoms with Gasteiger partial charge in [0.2, 0.25) is 0 Å². The Bertz CT molecular complexity index is 351. The third-order valence-electron chi connectivity index (χ3n) is 5.16. The molecule has 0 radical (unpaired) electrons. The van der Waals surface area contributed by atoms with E-state index in [9.17, 15) is 9.90 Å². The van der Waals surface area contributed by atoms with Gasteiger partial charge in [-0.2, -0.15) is 11.8 Å². The van der Waals surface area contributed by atoms with Crippen LogP contribution in [-0.2, 0) is 9.53 Å². The summed E-state index contributed by atoms with van der Waals surface area (Å²) >= 11 is 1.84. The zero-order valence-corrected chi connectivity index (χ0v) is 12.9. The second kappa shape index (κ2) is 6.24. The minimum absolute atomic E-state index is 0.00707. The Balaban J connectivity index is 1.57. The van der Waals surface area contributed by atoms with Gasteiger partial charge in [-0.1, -0.05) is 0 Å². The SMILES string of the molecule is O=C(N1CC[C@@H](C2CCOCC2)C1)C1(O)CCSCC1. The van der Waals surface area contributed by atoms with E-state index in [1.807, 2.05) is 16.7 Å². The lowest BCUT2D eigenvalue weighted by molar-refractivity contribution is -0.151. The Morgan fingerprint density at radius 3 is 2.55 bits per heavy atom. The third kappa shape index (κ3) is 3.00. The van der Waals surface area contributed by atoms with Gasteiger partial charge in [0, 0.05) is 26.3 Å². The molecule has 0 aromatic carbocycles. The van der Waals surface area contributed by atoms with Crippen molar-refractivity contribution in [2.45, 2.75) is 37.7 Å². The van der Waals surface area contributed by atoms with Crippen molar-refractivity contribution in [1.82, 2.24) is 4.90 Å². The molecule has 3 aliphatic rings. The maximum Gasteiger partial charge on any atom is 0.254 e. The van der Waals surface area contributed by atoms with Gasteiger partial charge >= 0.3 is 0 Å². The molecule has 114 valence electrons. The number of thioether (sulfide) groups is 1. The quantitative estimate of drug-likeness (QED) is 0.840. The maximum absolute atomic E-state index is 12.6. The molecule has 3 saturated heterocycles. The molecular weight excluding hydrogens is 274 g/mol. The van der Waals surface area contributed by atoms with Gasteiger partial charge in [-0.15, -0.1) is 0 Å². The van der Waals surface area contributed by atoms with E-state index in [0.29, 0.717) is 24.7 Å². The second-order valence-corrected chi connectivity index (χ2v) is 7.62. The fraction of sp³-hybridized carbons (Fsp3) is 0.933. The average Bonchev–Trinajstić information content (AvgIpc) is 2.98. The van der Waals surface area contributed by atoms with Gasteiger partial charge in [0.15, 0.2) is 0 Å². The number of hydrogen-bond acceptors (Lipinski definition) is 4. The van der Waals surface area contributed by atoms with Crippen LogP contribution >= 0.6 is 11.8 Å². The molecule has 0 aliphatic carbocycles. The summed E-state index contributed by atoms with van der Waals surface area (Å²) in [6, 6.07) is 0. The molecule has 3 fully saturated rings. The number of rotatable bonds is 2. The fourth-order valence-electron chi connectivity index (χ4n) is 3.76. The van der Waals surface area contributed by atoms with Crippen molar-refractivity contribution >= 4 is 17.7 Å². The van der Waals surface area contributed by atoms with E-state index in [1.54, 1.807) is 0 Å². The van der Waals surface area contributed by atoms with Crippen LogP contribution < -0.4 is 0 Å². The number of nitrogens with zero attached hydrogens (tertiary/aromatic N) is 1. The van der Waals surface area contributed by atoms with Gasteiger partial charge in [-0.3, -0.25) is 4.79 Å². The Morgan fingerprint density at radius 2 is 1.85 bits per heavy atom. The van der Waals surface area contributed by atoms with Crippen LogP contribution in [0.2, 0.25) is 0 Å². The molecule has 1 amide bonds. The first kappa shape index (κ1) is 14.7. The van der Waals surface area contributed by atoms with Gasteiger partial charge in [-0.05, 0) is 55.4 Å². The minimum atomic E-state index is -1.07. The number of likely N-dealkylation sites (tertiary alicyclic amines) is 1. The van der Waals surface area contributed by atoms with Crippen LogP contribution in [0.15, 0.2) is 0 Å². The second-order valence-electron chi connectivity index (χ2n) is 6.39. The highest BCUT2D eigenvalue weighted by Gasteiger charge is 2.43. The Kier molecular flexibility index (Phi) is 4.58. The van der Waals surface area contributed by atoms with E-state index < -0.39 is 5.60 Å². The number of amides is 1. The lowest BCUT2D eigenvalue weighted by Gasteiger charge is -2.34. The normalized spacial score (nSPS) is 31.4. The maximum atomic E-state index is 12.6. The predicted molar refractivity (Wildman–Crippen MR) is 79.7 cm³/mol. The smallest absolute Gasteiger partial charge is 0.254 e. The Morgan fingerprint density at radius 1 is 1.15 bits per heavy atom. The highest BCUT2D eigenvalue weighted by molar-refractivity contribution is 7.99. The van der Waals surface area contributed by atoms with Crippen molar-refractivity contribution in [3.8, 4) is 0 Å². The molecule has 20 heavy (non-hydrogen) atoms. The molecule has 3 heterocycles. The highest BCUT2D eigenvalue weighted by atomic mass is 32.2. The summed E-state index contributed by atoms with van der Waals surface area (Å²) in [5, 5.41) is 10.6. The Labute approximate surface area is 125 Å². The van der Waals surface area contributed by atoms with Crippen LogP contribution in [0.5, 0.6) is 0 Å². The minimum Gasteiger partial charge on any atom is -0.381 e. The molecule has 0 saturated carbocycles. The molecule has 5 heteroatoms. The van der Waals surface area contributed by atoms with Crippen LogP contribution in [0.1, 0.15) is 32.1 Å². The van der Waals surface area contributed by atoms with Crippen molar-refractivity contribution < 1.29 is 14.6 Å².